The van der Waals surface area contributed by atoms with E-state index in [0.717, 1.165) is 6.20 Å². The molecular formula is C20H17ClF3N9. The molecule has 0 aliphatic carbocycles. The van der Waals surface area contributed by atoms with Crippen molar-refractivity contribution in [2.75, 3.05) is 23.3 Å². The van der Waals surface area contributed by atoms with Crippen LogP contribution in [-0.2, 0) is 6.18 Å². The fourth-order valence-electron chi connectivity index (χ4n) is 3.14. The van der Waals surface area contributed by atoms with Crippen LogP contribution in [0.4, 0.5) is 30.6 Å². The number of hydrogen-bond acceptors (Lipinski definition) is 9. The van der Waals surface area contributed by atoms with Crippen LogP contribution in [0.3, 0.4) is 0 Å². The van der Waals surface area contributed by atoms with Gasteiger partial charge in [0.15, 0.2) is 5.65 Å². The second-order valence-corrected chi connectivity index (χ2v) is 7.15. The lowest BCUT2D eigenvalue weighted by molar-refractivity contribution is -0.137. The fourth-order valence-corrected chi connectivity index (χ4v) is 3.33. The van der Waals surface area contributed by atoms with Gasteiger partial charge in [0, 0.05) is 25.5 Å². The third-order valence-corrected chi connectivity index (χ3v) is 5.05. The van der Waals surface area contributed by atoms with E-state index < -0.39 is 11.7 Å². The molecule has 0 radical (unpaired) electrons. The van der Waals surface area contributed by atoms with Crippen LogP contribution < -0.4 is 10.2 Å². The minimum Gasteiger partial charge on any atom is -0.357 e. The molecule has 0 atom stereocenters. The number of anilines is 3. The molecule has 1 N–H and O–H groups in total. The second-order valence-electron chi connectivity index (χ2n) is 6.74. The lowest BCUT2D eigenvalue weighted by Crippen LogP contribution is -2.27. The fraction of sp³-hybridized carbons (Fsp3) is 0.250. The summed E-state index contributed by atoms with van der Waals surface area (Å²) in [6.45, 7) is 4.22. The molecule has 0 unspecified atom stereocenters. The van der Waals surface area contributed by atoms with Crippen LogP contribution in [0.2, 0.25) is 5.02 Å². The van der Waals surface area contributed by atoms with Gasteiger partial charge in [0.05, 0.1) is 23.1 Å². The molecular weight excluding hydrogens is 459 g/mol. The zero-order chi connectivity index (χ0) is 23.6. The Bertz CT molecular complexity index is 1300. The van der Waals surface area contributed by atoms with E-state index in [1.807, 2.05) is 0 Å². The van der Waals surface area contributed by atoms with E-state index in [-0.39, 0.29) is 17.4 Å². The number of fused-ring (bicyclic) bond motifs is 1. The van der Waals surface area contributed by atoms with Crippen LogP contribution in [0.25, 0.3) is 22.6 Å². The van der Waals surface area contributed by atoms with Crippen molar-refractivity contribution in [3.05, 3.63) is 47.5 Å². The van der Waals surface area contributed by atoms with E-state index in [4.69, 9.17) is 11.6 Å². The van der Waals surface area contributed by atoms with Gasteiger partial charge in [-0.1, -0.05) is 11.6 Å². The molecule has 4 aromatic rings. The van der Waals surface area contributed by atoms with Crippen molar-refractivity contribution in [1.82, 2.24) is 35.1 Å². The third kappa shape index (κ3) is 4.60. The number of alkyl halides is 3. The minimum absolute atomic E-state index is 0.0137. The molecule has 4 aromatic heterocycles. The number of nitrogens with zero attached hydrogens (tertiary/aromatic N) is 8. The molecule has 0 saturated carbocycles. The van der Waals surface area contributed by atoms with Crippen LogP contribution in [0.15, 0.2) is 36.9 Å². The molecule has 0 aliphatic rings. The summed E-state index contributed by atoms with van der Waals surface area (Å²) in [5.74, 6) is -0.214. The van der Waals surface area contributed by atoms with Gasteiger partial charge in [0.2, 0.25) is 5.95 Å². The van der Waals surface area contributed by atoms with Crippen molar-refractivity contribution in [3.8, 4) is 11.4 Å². The number of halogens is 4. The molecule has 0 amide bonds. The van der Waals surface area contributed by atoms with Crippen LogP contribution in [0.5, 0.6) is 0 Å². The van der Waals surface area contributed by atoms with Crippen molar-refractivity contribution in [2.24, 2.45) is 0 Å². The van der Waals surface area contributed by atoms with E-state index in [2.05, 4.69) is 40.4 Å². The molecule has 0 aliphatic heterocycles. The SMILES string of the molecule is CCN(CC)c1nc(Nc2ccnc3nc(-c4nnccc4Cl)cnc23)ncc1C(F)(F)F. The van der Waals surface area contributed by atoms with Crippen molar-refractivity contribution >= 4 is 40.2 Å². The van der Waals surface area contributed by atoms with Crippen molar-refractivity contribution in [2.45, 2.75) is 20.0 Å². The van der Waals surface area contributed by atoms with Gasteiger partial charge in [0.25, 0.3) is 0 Å². The molecule has 33 heavy (non-hydrogen) atoms. The quantitative estimate of drug-likeness (QED) is 0.430. The van der Waals surface area contributed by atoms with Gasteiger partial charge < -0.3 is 10.2 Å². The van der Waals surface area contributed by atoms with Gasteiger partial charge in [-0.05, 0) is 26.0 Å². The average Bonchev–Trinajstić information content (AvgIpc) is 2.79. The van der Waals surface area contributed by atoms with Crippen molar-refractivity contribution in [3.63, 3.8) is 0 Å². The molecule has 0 fully saturated rings. The Morgan fingerprint density at radius 3 is 2.48 bits per heavy atom. The van der Waals surface area contributed by atoms with Gasteiger partial charge in [-0.3, -0.25) is 0 Å². The molecule has 13 heteroatoms. The smallest absolute Gasteiger partial charge is 0.357 e. The largest absolute Gasteiger partial charge is 0.421 e. The van der Waals surface area contributed by atoms with Gasteiger partial charge in [-0.2, -0.15) is 23.3 Å². The Balaban J connectivity index is 1.73. The summed E-state index contributed by atoms with van der Waals surface area (Å²) in [4.78, 5) is 22.5. The first kappa shape index (κ1) is 22.5. The maximum Gasteiger partial charge on any atom is 0.421 e. The van der Waals surface area contributed by atoms with Gasteiger partial charge in [-0.25, -0.2) is 19.9 Å². The topological polar surface area (TPSA) is 106 Å². The van der Waals surface area contributed by atoms with Crippen molar-refractivity contribution in [1.29, 1.82) is 0 Å². The average molecular weight is 476 g/mol. The number of nitrogens with one attached hydrogen (secondary N) is 1. The maximum atomic E-state index is 13.5. The Kier molecular flexibility index (Phi) is 6.18. The second kappa shape index (κ2) is 9.06. The van der Waals surface area contributed by atoms with Crippen LogP contribution >= 0.6 is 11.6 Å². The zero-order valence-corrected chi connectivity index (χ0v) is 18.2. The lowest BCUT2D eigenvalue weighted by Gasteiger charge is -2.24. The molecule has 4 rings (SSSR count). The Morgan fingerprint density at radius 2 is 1.79 bits per heavy atom. The highest BCUT2D eigenvalue weighted by Gasteiger charge is 2.36. The van der Waals surface area contributed by atoms with E-state index in [9.17, 15) is 13.2 Å². The normalized spacial score (nSPS) is 11.6. The summed E-state index contributed by atoms with van der Waals surface area (Å²) < 4.78 is 40.4. The lowest BCUT2D eigenvalue weighted by atomic mass is 10.2. The molecule has 0 spiro atoms. The first-order valence-electron chi connectivity index (χ1n) is 9.87. The minimum atomic E-state index is -4.58. The standard InChI is InChI=1S/C20H17ClF3N9/c1-3-33(4-2)18-11(20(22,23)24)9-27-19(31-18)30-13-6-7-25-17-16(13)26-10-14(29-17)15-12(21)5-8-28-32-15/h5-10H,3-4H2,1-2H3,(H,25,27,29,30,31). The van der Waals surface area contributed by atoms with Crippen LogP contribution in [-0.4, -0.2) is 48.2 Å². The maximum absolute atomic E-state index is 13.5. The first-order valence-corrected chi connectivity index (χ1v) is 10.2. The van der Waals surface area contributed by atoms with E-state index in [0.29, 0.717) is 40.7 Å². The van der Waals surface area contributed by atoms with Gasteiger partial charge in [0.1, 0.15) is 28.3 Å². The van der Waals surface area contributed by atoms with Crippen LogP contribution in [0, 0.1) is 0 Å². The first-order chi connectivity index (χ1) is 15.8. The molecule has 0 aromatic carbocycles. The highest BCUT2D eigenvalue weighted by molar-refractivity contribution is 6.32. The molecule has 170 valence electrons. The zero-order valence-electron chi connectivity index (χ0n) is 17.5. The Morgan fingerprint density at radius 1 is 1.00 bits per heavy atom. The highest BCUT2D eigenvalue weighted by atomic mass is 35.5. The predicted octanol–water partition coefficient (Wildman–Crippen LogP) is 4.53. The Labute approximate surface area is 191 Å². The molecule has 0 bridgehead atoms. The van der Waals surface area contributed by atoms with Crippen LogP contribution in [0.1, 0.15) is 19.4 Å². The summed E-state index contributed by atoms with van der Waals surface area (Å²) >= 11 is 6.15. The predicted molar refractivity (Wildman–Crippen MR) is 117 cm³/mol. The van der Waals surface area contributed by atoms with Crippen molar-refractivity contribution < 1.29 is 13.2 Å². The highest BCUT2D eigenvalue weighted by Crippen LogP contribution is 2.36. The summed E-state index contributed by atoms with van der Waals surface area (Å²) in [7, 11) is 0. The van der Waals surface area contributed by atoms with E-state index in [1.54, 1.807) is 26.0 Å². The monoisotopic (exact) mass is 475 g/mol. The Hall–Kier alpha value is -3.67. The summed E-state index contributed by atoms with van der Waals surface area (Å²) in [6.07, 6.45) is 0.587. The summed E-state index contributed by atoms with van der Waals surface area (Å²) in [5, 5.41) is 11.1. The number of pyridine rings is 1. The molecule has 0 saturated heterocycles. The van der Waals surface area contributed by atoms with E-state index >= 15 is 0 Å². The molecule has 9 nitrogen and oxygen atoms in total. The van der Waals surface area contributed by atoms with E-state index in [1.165, 1.54) is 23.5 Å². The van der Waals surface area contributed by atoms with Gasteiger partial charge in [-0.15, -0.1) is 5.10 Å². The van der Waals surface area contributed by atoms with Gasteiger partial charge >= 0.3 is 6.18 Å². The number of hydrogen-bond donors (Lipinski definition) is 1. The summed E-state index contributed by atoms with van der Waals surface area (Å²) in [6, 6.07) is 3.18. The summed E-state index contributed by atoms with van der Waals surface area (Å²) in [5.41, 5.74) is 0.893. The molecule has 4 heterocycles. The third-order valence-electron chi connectivity index (χ3n) is 4.74. The number of rotatable bonds is 6. The number of aromatic nitrogens is 7.